The van der Waals surface area contributed by atoms with Gasteiger partial charge in [-0.05, 0) is 24.5 Å². The highest BCUT2D eigenvalue weighted by molar-refractivity contribution is 5.94. The van der Waals surface area contributed by atoms with Crippen molar-refractivity contribution >= 4 is 23.3 Å². The van der Waals surface area contributed by atoms with E-state index in [1.807, 2.05) is 30.3 Å². The van der Waals surface area contributed by atoms with Crippen molar-refractivity contribution in [2.24, 2.45) is 0 Å². The van der Waals surface area contributed by atoms with E-state index in [0.717, 1.165) is 5.56 Å². The van der Waals surface area contributed by atoms with Gasteiger partial charge in [-0.3, -0.25) is 19.7 Å². The fraction of sp³-hybridized carbons (Fsp3) is 0.263. The average Bonchev–Trinajstić information content (AvgIpc) is 2.66. The Morgan fingerprint density at radius 1 is 1.19 bits per heavy atom. The molecule has 0 heterocycles. The molecule has 0 spiro atoms. The van der Waals surface area contributed by atoms with Crippen LogP contribution in [0.3, 0.4) is 0 Å². The van der Waals surface area contributed by atoms with Crippen molar-refractivity contribution in [3.63, 3.8) is 0 Å². The third-order valence-corrected chi connectivity index (χ3v) is 3.82. The summed E-state index contributed by atoms with van der Waals surface area (Å²) in [5.74, 6) is -0.991. The number of nitro benzene ring substituents is 1. The number of carbonyl (C=O) groups is 2. The van der Waals surface area contributed by atoms with E-state index in [1.165, 1.54) is 19.2 Å². The number of esters is 1. The Morgan fingerprint density at radius 3 is 2.52 bits per heavy atom. The zero-order valence-electron chi connectivity index (χ0n) is 15.1. The van der Waals surface area contributed by atoms with Gasteiger partial charge in [0.25, 0.3) is 5.91 Å². The summed E-state index contributed by atoms with van der Waals surface area (Å²) in [6, 6.07) is 12.1. The van der Waals surface area contributed by atoms with E-state index < -0.39 is 23.4 Å². The maximum atomic E-state index is 12.0. The number of nitrogens with zero attached hydrogens (tertiary/aromatic N) is 1. The Labute approximate surface area is 156 Å². The summed E-state index contributed by atoms with van der Waals surface area (Å²) >= 11 is 0. The number of nitro groups is 1. The first-order valence-corrected chi connectivity index (χ1v) is 8.23. The molecule has 0 unspecified atom stereocenters. The van der Waals surface area contributed by atoms with Crippen molar-refractivity contribution in [1.29, 1.82) is 0 Å². The Morgan fingerprint density at radius 2 is 1.89 bits per heavy atom. The number of carbonyl (C=O) groups excluding carboxylic acids is 2. The molecule has 1 amide bonds. The normalized spacial score (nSPS) is 10.1. The molecule has 8 heteroatoms. The molecule has 8 nitrogen and oxygen atoms in total. The highest BCUT2D eigenvalue weighted by Gasteiger charge is 2.18. The van der Waals surface area contributed by atoms with Gasteiger partial charge >= 0.3 is 11.7 Å². The molecule has 142 valence electrons. The fourth-order valence-corrected chi connectivity index (χ4v) is 2.41. The van der Waals surface area contributed by atoms with Crippen LogP contribution in [0.15, 0.2) is 42.5 Å². The number of benzene rings is 2. The number of hydrogen-bond acceptors (Lipinski definition) is 6. The molecular weight excluding hydrogens is 352 g/mol. The zero-order chi connectivity index (χ0) is 19.8. The van der Waals surface area contributed by atoms with Crippen LogP contribution in [-0.2, 0) is 20.7 Å². The first-order valence-electron chi connectivity index (χ1n) is 8.23. The summed E-state index contributed by atoms with van der Waals surface area (Å²) < 4.78 is 9.94. The number of aryl methyl sites for hydroxylation is 2. The quantitative estimate of drug-likeness (QED) is 0.433. The molecule has 27 heavy (non-hydrogen) atoms. The smallest absolute Gasteiger partial charge is 0.311 e. The topological polar surface area (TPSA) is 108 Å². The first kappa shape index (κ1) is 19.9. The van der Waals surface area contributed by atoms with Gasteiger partial charge in [0, 0.05) is 24.2 Å². The van der Waals surface area contributed by atoms with E-state index in [2.05, 4.69) is 5.32 Å². The summed E-state index contributed by atoms with van der Waals surface area (Å²) in [5.41, 5.74) is 1.65. The van der Waals surface area contributed by atoms with Gasteiger partial charge in [-0.25, -0.2) is 0 Å². The highest BCUT2D eigenvalue weighted by Crippen LogP contribution is 2.32. The van der Waals surface area contributed by atoms with Gasteiger partial charge in [-0.1, -0.05) is 30.3 Å². The van der Waals surface area contributed by atoms with E-state index in [-0.39, 0.29) is 17.9 Å². The molecule has 2 aromatic rings. The third-order valence-electron chi connectivity index (χ3n) is 3.82. The summed E-state index contributed by atoms with van der Waals surface area (Å²) in [7, 11) is 1.30. The van der Waals surface area contributed by atoms with Gasteiger partial charge in [-0.2, -0.15) is 0 Å². The van der Waals surface area contributed by atoms with Gasteiger partial charge in [-0.15, -0.1) is 0 Å². The SMILES string of the molecule is COc1cc(NC(=O)COC(=O)CCc2ccccc2)c(C)cc1[N+](=O)[O-]. The van der Waals surface area contributed by atoms with Crippen LogP contribution in [0, 0.1) is 17.0 Å². The average molecular weight is 372 g/mol. The largest absolute Gasteiger partial charge is 0.490 e. The summed E-state index contributed by atoms with van der Waals surface area (Å²) in [6.45, 7) is 1.18. The van der Waals surface area contributed by atoms with Crippen molar-refractivity contribution in [1.82, 2.24) is 0 Å². The Balaban J connectivity index is 1.88. The lowest BCUT2D eigenvalue weighted by Crippen LogP contribution is -2.21. The zero-order valence-corrected chi connectivity index (χ0v) is 15.1. The van der Waals surface area contributed by atoms with Crippen LogP contribution in [0.1, 0.15) is 17.5 Å². The van der Waals surface area contributed by atoms with Crippen molar-refractivity contribution < 1.29 is 24.0 Å². The number of anilines is 1. The van der Waals surface area contributed by atoms with E-state index in [1.54, 1.807) is 6.92 Å². The minimum atomic E-state index is -0.564. The molecule has 0 bridgehead atoms. The number of ether oxygens (including phenoxy) is 2. The number of rotatable bonds is 8. The van der Waals surface area contributed by atoms with Crippen LogP contribution in [0.25, 0.3) is 0 Å². The van der Waals surface area contributed by atoms with Crippen molar-refractivity contribution in [3.05, 3.63) is 63.7 Å². The molecule has 0 aromatic heterocycles. The van der Waals surface area contributed by atoms with Gasteiger partial charge < -0.3 is 14.8 Å². The van der Waals surface area contributed by atoms with Crippen LogP contribution in [0.5, 0.6) is 5.75 Å². The second-order valence-electron chi connectivity index (χ2n) is 5.79. The van der Waals surface area contributed by atoms with Crippen LogP contribution in [0.2, 0.25) is 0 Å². The lowest BCUT2D eigenvalue weighted by Gasteiger charge is -2.11. The van der Waals surface area contributed by atoms with E-state index in [4.69, 9.17) is 9.47 Å². The highest BCUT2D eigenvalue weighted by atomic mass is 16.6. The van der Waals surface area contributed by atoms with Crippen molar-refractivity contribution in [3.8, 4) is 5.75 Å². The lowest BCUT2D eigenvalue weighted by atomic mass is 10.1. The Bertz CT molecular complexity index is 836. The number of amides is 1. The molecule has 0 aliphatic heterocycles. The lowest BCUT2D eigenvalue weighted by molar-refractivity contribution is -0.385. The van der Waals surface area contributed by atoms with E-state index >= 15 is 0 Å². The second kappa shape index (κ2) is 9.33. The van der Waals surface area contributed by atoms with E-state index in [0.29, 0.717) is 17.7 Å². The summed E-state index contributed by atoms with van der Waals surface area (Å²) in [5, 5.41) is 13.6. The Hall–Kier alpha value is -3.42. The molecule has 0 aliphatic rings. The fourth-order valence-electron chi connectivity index (χ4n) is 2.41. The number of nitrogens with one attached hydrogen (secondary N) is 1. The second-order valence-corrected chi connectivity index (χ2v) is 5.79. The molecule has 2 rings (SSSR count). The van der Waals surface area contributed by atoms with Crippen LogP contribution < -0.4 is 10.1 Å². The maximum absolute atomic E-state index is 12.0. The van der Waals surface area contributed by atoms with Crippen molar-refractivity contribution in [2.45, 2.75) is 19.8 Å². The third kappa shape index (κ3) is 5.81. The predicted molar refractivity (Wildman–Crippen MR) is 98.7 cm³/mol. The summed E-state index contributed by atoms with van der Waals surface area (Å²) in [4.78, 5) is 34.2. The minimum Gasteiger partial charge on any atom is -0.490 e. The molecule has 0 fully saturated rings. The number of methoxy groups -OCH3 is 1. The number of hydrogen-bond donors (Lipinski definition) is 1. The van der Waals surface area contributed by atoms with Gasteiger partial charge in [0.2, 0.25) is 0 Å². The van der Waals surface area contributed by atoms with Crippen LogP contribution in [-0.4, -0.2) is 30.5 Å². The van der Waals surface area contributed by atoms with Crippen LogP contribution >= 0.6 is 0 Å². The maximum Gasteiger partial charge on any atom is 0.311 e. The Kier molecular flexibility index (Phi) is 6.87. The van der Waals surface area contributed by atoms with Crippen LogP contribution in [0.4, 0.5) is 11.4 Å². The van der Waals surface area contributed by atoms with Gasteiger partial charge in [0.1, 0.15) is 0 Å². The minimum absolute atomic E-state index is 0.0285. The summed E-state index contributed by atoms with van der Waals surface area (Å²) in [6.07, 6.45) is 0.696. The first-order chi connectivity index (χ1) is 12.9. The molecule has 0 atom stereocenters. The van der Waals surface area contributed by atoms with Crippen molar-refractivity contribution in [2.75, 3.05) is 19.0 Å². The van der Waals surface area contributed by atoms with Gasteiger partial charge in [0.15, 0.2) is 12.4 Å². The molecule has 2 aromatic carbocycles. The molecule has 0 aliphatic carbocycles. The van der Waals surface area contributed by atoms with Gasteiger partial charge in [0.05, 0.1) is 12.0 Å². The van der Waals surface area contributed by atoms with E-state index in [9.17, 15) is 19.7 Å². The molecule has 0 radical (unpaired) electrons. The molecule has 0 saturated carbocycles. The predicted octanol–water partition coefficient (Wildman–Crippen LogP) is 3.03. The molecule has 0 saturated heterocycles. The molecule has 1 N–H and O–H groups in total. The molecular formula is C19H20N2O6. The monoisotopic (exact) mass is 372 g/mol. The standard InChI is InChI=1S/C19H20N2O6/c1-13-10-16(21(24)25)17(26-2)11-15(13)20-18(22)12-27-19(23)9-8-14-6-4-3-5-7-14/h3-7,10-11H,8-9,12H2,1-2H3,(H,20,22).